The minimum Gasteiger partial charge on any atom is -0.465 e. The van der Waals surface area contributed by atoms with Gasteiger partial charge in [-0.05, 0) is 30.5 Å². The molecule has 0 atom stereocenters. The summed E-state index contributed by atoms with van der Waals surface area (Å²) in [6.45, 7) is 0.498. The Bertz CT molecular complexity index is 399. The van der Waals surface area contributed by atoms with Gasteiger partial charge in [-0.15, -0.1) is 0 Å². The van der Waals surface area contributed by atoms with E-state index >= 15 is 0 Å². The van der Waals surface area contributed by atoms with Crippen molar-refractivity contribution in [3.8, 4) is 0 Å². The maximum absolute atomic E-state index is 11.4. The number of ether oxygens (including phenoxy) is 1. The molecule has 2 N–H and O–H groups in total. The number of rotatable bonds is 4. The fourth-order valence-corrected chi connectivity index (χ4v) is 1.92. The lowest BCUT2D eigenvalue weighted by Crippen LogP contribution is -2.18. The molecule has 0 amide bonds. The molecule has 0 saturated heterocycles. The number of methoxy groups -OCH3 is 1. The largest absolute Gasteiger partial charge is 0.465 e. The zero-order valence-electron chi connectivity index (χ0n) is 9.23. The Hall–Kier alpha value is -1.39. The summed E-state index contributed by atoms with van der Waals surface area (Å²) in [5, 5.41) is 0. The van der Waals surface area contributed by atoms with Crippen LogP contribution in [-0.4, -0.2) is 19.7 Å². The molecule has 0 aliphatic heterocycles. The van der Waals surface area contributed by atoms with Gasteiger partial charge in [0.15, 0.2) is 0 Å². The first kappa shape index (κ1) is 11.1. The van der Waals surface area contributed by atoms with Crippen LogP contribution in [0.5, 0.6) is 0 Å². The molecule has 0 spiro atoms. The molecule has 1 saturated carbocycles. The highest BCUT2D eigenvalue weighted by molar-refractivity contribution is 5.89. The van der Waals surface area contributed by atoms with Crippen molar-refractivity contribution in [2.24, 2.45) is 5.90 Å². The minimum atomic E-state index is -0.314. The molecule has 0 bridgehead atoms. The van der Waals surface area contributed by atoms with Crippen molar-refractivity contribution < 1.29 is 14.4 Å². The molecule has 1 aromatic carbocycles. The molecule has 0 unspecified atom stereocenters. The maximum Gasteiger partial charge on any atom is 0.337 e. The fraction of sp³-hybridized carbons (Fsp3) is 0.417. The van der Waals surface area contributed by atoms with Crippen molar-refractivity contribution in [3.05, 3.63) is 35.4 Å². The van der Waals surface area contributed by atoms with Crippen molar-refractivity contribution in [2.75, 3.05) is 13.7 Å². The van der Waals surface area contributed by atoms with Crippen LogP contribution in [-0.2, 0) is 15.0 Å². The van der Waals surface area contributed by atoms with Crippen LogP contribution in [0.4, 0.5) is 0 Å². The number of esters is 1. The monoisotopic (exact) mass is 221 g/mol. The first-order valence-corrected chi connectivity index (χ1v) is 5.22. The highest BCUT2D eigenvalue weighted by Crippen LogP contribution is 2.48. The first-order chi connectivity index (χ1) is 7.72. The molecule has 4 heteroatoms. The van der Waals surface area contributed by atoms with Gasteiger partial charge in [0.1, 0.15) is 0 Å². The Morgan fingerprint density at radius 3 is 2.81 bits per heavy atom. The highest BCUT2D eigenvalue weighted by Gasteiger charge is 2.44. The molecule has 0 aromatic heterocycles. The molecule has 1 fully saturated rings. The molecule has 1 aliphatic rings. The van der Waals surface area contributed by atoms with Crippen LogP contribution in [0.15, 0.2) is 24.3 Å². The van der Waals surface area contributed by atoms with Crippen LogP contribution >= 0.6 is 0 Å². The zero-order valence-corrected chi connectivity index (χ0v) is 9.23. The van der Waals surface area contributed by atoms with E-state index in [2.05, 4.69) is 4.74 Å². The normalized spacial score (nSPS) is 16.9. The number of carbonyl (C=O) groups is 1. The van der Waals surface area contributed by atoms with Crippen molar-refractivity contribution in [1.82, 2.24) is 0 Å². The molecule has 0 radical (unpaired) electrons. The number of benzene rings is 1. The van der Waals surface area contributed by atoms with E-state index in [-0.39, 0.29) is 11.4 Å². The maximum atomic E-state index is 11.4. The zero-order chi connectivity index (χ0) is 11.6. The quantitative estimate of drug-likeness (QED) is 0.616. The number of carbonyl (C=O) groups excluding carboxylic acids is 1. The van der Waals surface area contributed by atoms with E-state index in [0.29, 0.717) is 12.2 Å². The molecule has 86 valence electrons. The SMILES string of the molecule is COC(=O)c1cccc(C2(CON)CC2)c1. The van der Waals surface area contributed by atoms with Gasteiger partial charge in [-0.3, -0.25) is 0 Å². The minimum absolute atomic E-state index is 0.0127. The molecule has 1 aromatic rings. The summed E-state index contributed by atoms with van der Waals surface area (Å²) in [5.41, 5.74) is 1.68. The van der Waals surface area contributed by atoms with E-state index in [1.54, 1.807) is 6.07 Å². The molecule has 0 heterocycles. The van der Waals surface area contributed by atoms with E-state index in [9.17, 15) is 4.79 Å². The molecular formula is C12H15NO3. The molecule has 16 heavy (non-hydrogen) atoms. The number of nitrogens with two attached hydrogens (primary N) is 1. The topological polar surface area (TPSA) is 61.5 Å². The Balaban J connectivity index is 2.26. The summed E-state index contributed by atoms with van der Waals surface area (Å²) in [4.78, 5) is 16.1. The molecular weight excluding hydrogens is 206 g/mol. The second-order valence-corrected chi connectivity index (χ2v) is 4.16. The highest BCUT2D eigenvalue weighted by atomic mass is 16.6. The summed E-state index contributed by atoms with van der Waals surface area (Å²) >= 11 is 0. The molecule has 1 aliphatic carbocycles. The van der Waals surface area contributed by atoms with Crippen molar-refractivity contribution in [3.63, 3.8) is 0 Å². The third-order valence-corrected chi connectivity index (χ3v) is 3.11. The lowest BCUT2D eigenvalue weighted by atomic mass is 9.95. The Labute approximate surface area is 94.3 Å². The second kappa shape index (κ2) is 4.23. The van der Waals surface area contributed by atoms with Crippen molar-refractivity contribution in [2.45, 2.75) is 18.3 Å². The van der Waals surface area contributed by atoms with Crippen LogP contribution in [0.3, 0.4) is 0 Å². The average Bonchev–Trinajstić information content (AvgIpc) is 3.10. The van der Waals surface area contributed by atoms with Gasteiger partial charge in [-0.25, -0.2) is 10.7 Å². The second-order valence-electron chi connectivity index (χ2n) is 4.16. The van der Waals surface area contributed by atoms with Gasteiger partial charge in [0.25, 0.3) is 0 Å². The predicted octanol–water partition coefficient (Wildman–Crippen LogP) is 1.40. The Morgan fingerprint density at radius 1 is 1.50 bits per heavy atom. The van der Waals surface area contributed by atoms with Gasteiger partial charge < -0.3 is 9.57 Å². The molecule has 2 rings (SSSR count). The lowest BCUT2D eigenvalue weighted by molar-refractivity contribution is 0.0600. The van der Waals surface area contributed by atoms with Gasteiger partial charge >= 0.3 is 5.97 Å². The fourth-order valence-electron chi connectivity index (χ4n) is 1.92. The predicted molar refractivity (Wildman–Crippen MR) is 58.8 cm³/mol. The van der Waals surface area contributed by atoms with Gasteiger partial charge in [0, 0.05) is 5.41 Å². The summed E-state index contributed by atoms with van der Waals surface area (Å²) in [7, 11) is 1.38. The van der Waals surface area contributed by atoms with Gasteiger partial charge in [0.2, 0.25) is 0 Å². The summed E-state index contributed by atoms with van der Waals surface area (Å²) in [6, 6.07) is 7.46. The smallest absolute Gasteiger partial charge is 0.337 e. The third kappa shape index (κ3) is 1.94. The van der Waals surface area contributed by atoms with Gasteiger partial charge in [-0.2, -0.15) is 0 Å². The van der Waals surface area contributed by atoms with E-state index in [0.717, 1.165) is 18.4 Å². The number of hydrogen-bond donors (Lipinski definition) is 1. The standard InChI is InChI=1S/C12H15NO3/c1-15-11(14)9-3-2-4-10(7-9)12(5-6-12)8-16-13/h2-4,7H,5-6,8,13H2,1H3. The average molecular weight is 221 g/mol. The van der Waals surface area contributed by atoms with E-state index in [4.69, 9.17) is 10.7 Å². The van der Waals surface area contributed by atoms with Gasteiger partial charge in [0.05, 0.1) is 19.3 Å². The van der Waals surface area contributed by atoms with Crippen molar-refractivity contribution in [1.29, 1.82) is 0 Å². The Morgan fingerprint density at radius 2 is 2.25 bits per heavy atom. The molecule has 4 nitrogen and oxygen atoms in total. The van der Waals surface area contributed by atoms with E-state index in [1.807, 2.05) is 18.2 Å². The van der Waals surface area contributed by atoms with Crippen LogP contribution < -0.4 is 5.90 Å². The van der Waals surface area contributed by atoms with Gasteiger partial charge in [-0.1, -0.05) is 12.1 Å². The van der Waals surface area contributed by atoms with Crippen LogP contribution in [0.1, 0.15) is 28.8 Å². The van der Waals surface area contributed by atoms with Crippen LogP contribution in [0.2, 0.25) is 0 Å². The Kier molecular flexibility index (Phi) is 2.94. The van der Waals surface area contributed by atoms with Crippen molar-refractivity contribution >= 4 is 5.97 Å². The summed E-state index contributed by atoms with van der Waals surface area (Å²) < 4.78 is 4.69. The summed E-state index contributed by atoms with van der Waals surface area (Å²) in [5.74, 6) is 4.81. The first-order valence-electron chi connectivity index (χ1n) is 5.22. The lowest BCUT2D eigenvalue weighted by Gasteiger charge is -2.14. The van der Waals surface area contributed by atoms with Crippen LogP contribution in [0.25, 0.3) is 0 Å². The van der Waals surface area contributed by atoms with Crippen LogP contribution in [0, 0.1) is 0 Å². The number of hydrogen-bond acceptors (Lipinski definition) is 4. The van der Waals surface area contributed by atoms with E-state index in [1.165, 1.54) is 7.11 Å². The summed E-state index contributed by atoms with van der Waals surface area (Å²) in [6.07, 6.45) is 2.10. The van der Waals surface area contributed by atoms with E-state index < -0.39 is 0 Å². The third-order valence-electron chi connectivity index (χ3n) is 3.11.